The fourth-order valence-corrected chi connectivity index (χ4v) is 2.81. The van der Waals surface area contributed by atoms with Crippen LogP contribution in [0.25, 0.3) is 0 Å². The Labute approximate surface area is 175 Å². The molecule has 0 saturated carbocycles. The van der Waals surface area contributed by atoms with Crippen LogP contribution in [0.1, 0.15) is 31.8 Å². The van der Waals surface area contributed by atoms with E-state index in [9.17, 15) is 18.4 Å². The molecule has 154 valence electrons. The average Bonchev–Trinajstić information content (AvgIpc) is 2.73. The molecule has 0 heterocycles. The molecule has 0 spiro atoms. The van der Waals surface area contributed by atoms with E-state index < -0.39 is 23.5 Å². The average molecular weight is 432 g/mol. The van der Waals surface area contributed by atoms with Crippen molar-refractivity contribution in [3.63, 3.8) is 0 Å². The van der Waals surface area contributed by atoms with Gasteiger partial charge in [-0.3, -0.25) is 4.79 Å². The fourth-order valence-electron chi connectivity index (χ4n) is 2.64. The molecule has 0 aliphatic rings. The molecule has 1 amide bonds. The highest BCUT2D eigenvalue weighted by atomic mass is 35.5. The molecule has 2 N–H and O–H groups in total. The fraction of sp³-hybridized carbons (Fsp3) is 0.0909. The lowest BCUT2D eigenvalue weighted by molar-refractivity contribution is 0.0696. The number of ether oxygens (including phenoxy) is 1. The summed E-state index contributed by atoms with van der Waals surface area (Å²) in [6.45, 7) is 0.0869. The van der Waals surface area contributed by atoms with E-state index in [0.29, 0.717) is 16.1 Å². The first-order valence-electron chi connectivity index (χ1n) is 8.80. The molecule has 0 unspecified atom stereocenters. The number of hydrogen-bond donors (Lipinski definition) is 2. The number of halogens is 3. The second-order valence-corrected chi connectivity index (χ2v) is 6.80. The predicted molar refractivity (Wildman–Crippen MR) is 107 cm³/mol. The quantitative estimate of drug-likeness (QED) is 0.562. The monoisotopic (exact) mass is 431 g/mol. The minimum absolute atomic E-state index is 0.0736. The van der Waals surface area contributed by atoms with Crippen LogP contribution in [-0.2, 0) is 13.2 Å². The first-order chi connectivity index (χ1) is 14.3. The third-order valence-corrected chi connectivity index (χ3v) is 4.45. The van der Waals surface area contributed by atoms with Gasteiger partial charge in [0, 0.05) is 11.6 Å². The number of hydrogen-bond acceptors (Lipinski definition) is 3. The third-order valence-electron chi connectivity index (χ3n) is 4.22. The van der Waals surface area contributed by atoms with Crippen LogP contribution in [0.5, 0.6) is 5.75 Å². The molecule has 0 aliphatic heterocycles. The van der Waals surface area contributed by atoms with Crippen LogP contribution in [0.2, 0.25) is 5.02 Å². The Morgan fingerprint density at radius 3 is 2.30 bits per heavy atom. The van der Waals surface area contributed by atoms with Crippen LogP contribution in [0.15, 0.2) is 60.7 Å². The van der Waals surface area contributed by atoms with Gasteiger partial charge >= 0.3 is 5.97 Å². The summed E-state index contributed by atoms with van der Waals surface area (Å²) >= 11 is 6.00. The molecule has 0 radical (unpaired) electrons. The molecule has 0 fully saturated rings. The lowest BCUT2D eigenvalue weighted by Gasteiger charge is -2.13. The number of carbonyl (C=O) groups is 2. The number of carbonyl (C=O) groups excluding carboxylic acids is 1. The second kappa shape index (κ2) is 9.37. The SMILES string of the molecule is O=C(O)c1ccc(CNC(=O)c2cc(Cl)ccc2OCc2ccc(F)c(F)c2)cc1. The van der Waals surface area contributed by atoms with Crippen molar-refractivity contribution >= 4 is 23.5 Å². The molecular weight excluding hydrogens is 416 g/mol. The van der Waals surface area contributed by atoms with Crippen LogP contribution in [0.3, 0.4) is 0 Å². The van der Waals surface area contributed by atoms with Crippen LogP contribution >= 0.6 is 11.6 Å². The summed E-state index contributed by atoms with van der Waals surface area (Å²) in [4.78, 5) is 23.5. The maximum atomic E-state index is 13.4. The molecule has 5 nitrogen and oxygen atoms in total. The van der Waals surface area contributed by atoms with E-state index in [1.807, 2.05) is 0 Å². The van der Waals surface area contributed by atoms with Gasteiger partial charge in [0.25, 0.3) is 5.91 Å². The number of aromatic carboxylic acids is 1. The number of rotatable bonds is 7. The molecule has 3 aromatic rings. The number of benzene rings is 3. The van der Waals surface area contributed by atoms with E-state index in [0.717, 1.165) is 12.1 Å². The highest BCUT2D eigenvalue weighted by Gasteiger charge is 2.14. The first-order valence-corrected chi connectivity index (χ1v) is 9.18. The summed E-state index contributed by atoms with van der Waals surface area (Å²) in [7, 11) is 0. The summed E-state index contributed by atoms with van der Waals surface area (Å²) < 4.78 is 32.0. The van der Waals surface area contributed by atoms with Gasteiger partial charge in [0.15, 0.2) is 11.6 Å². The lowest BCUT2D eigenvalue weighted by atomic mass is 10.1. The zero-order chi connectivity index (χ0) is 21.7. The normalized spacial score (nSPS) is 10.5. The molecule has 0 saturated heterocycles. The maximum Gasteiger partial charge on any atom is 0.335 e. The van der Waals surface area contributed by atoms with E-state index in [2.05, 4.69) is 5.32 Å². The minimum Gasteiger partial charge on any atom is -0.488 e. The summed E-state index contributed by atoms with van der Waals surface area (Å²) in [5.74, 6) is -3.21. The van der Waals surface area contributed by atoms with Gasteiger partial charge in [-0.25, -0.2) is 13.6 Å². The van der Waals surface area contributed by atoms with Crippen LogP contribution in [0, 0.1) is 11.6 Å². The minimum atomic E-state index is -1.03. The van der Waals surface area contributed by atoms with Gasteiger partial charge in [0.1, 0.15) is 12.4 Å². The van der Waals surface area contributed by atoms with E-state index in [1.165, 1.54) is 30.3 Å². The third kappa shape index (κ3) is 5.33. The van der Waals surface area contributed by atoms with Crippen molar-refractivity contribution in [1.82, 2.24) is 5.32 Å². The summed E-state index contributed by atoms with van der Waals surface area (Å²) in [5.41, 5.74) is 1.42. The van der Waals surface area contributed by atoms with Crippen molar-refractivity contribution in [3.8, 4) is 5.75 Å². The van der Waals surface area contributed by atoms with E-state index >= 15 is 0 Å². The van der Waals surface area contributed by atoms with Crippen molar-refractivity contribution in [2.24, 2.45) is 0 Å². The number of carboxylic acid groups (broad SMARTS) is 1. The zero-order valence-corrected chi connectivity index (χ0v) is 16.2. The molecule has 3 rings (SSSR count). The summed E-state index contributed by atoms with van der Waals surface area (Å²) in [5, 5.41) is 12.0. The molecule has 0 bridgehead atoms. The molecule has 3 aromatic carbocycles. The first kappa shape index (κ1) is 21.3. The van der Waals surface area contributed by atoms with Gasteiger partial charge in [-0.05, 0) is 53.6 Å². The highest BCUT2D eigenvalue weighted by Crippen LogP contribution is 2.24. The van der Waals surface area contributed by atoms with Crippen LogP contribution in [-0.4, -0.2) is 17.0 Å². The summed E-state index contributed by atoms with van der Waals surface area (Å²) in [6, 6.07) is 14.0. The summed E-state index contributed by atoms with van der Waals surface area (Å²) in [6.07, 6.45) is 0. The molecule has 8 heteroatoms. The van der Waals surface area contributed by atoms with Crippen LogP contribution in [0.4, 0.5) is 8.78 Å². The second-order valence-electron chi connectivity index (χ2n) is 6.36. The van der Waals surface area contributed by atoms with Gasteiger partial charge < -0.3 is 15.2 Å². The van der Waals surface area contributed by atoms with E-state index in [-0.39, 0.29) is 30.0 Å². The molecule has 0 atom stereocenters. The van der Waals surface area contributed by atoms with Crippen molar-refractivity contribution in [2.75, 3.05) is 0 Å². The lowest BCUT2D eigenvalue weighted by Crippen LogP contribution is -2.23. The van der Waals surface area contributed by atoms with E-state index in [1.54, 1.807) is 18.2 Å². The predicted octanol–water partition coefficient (Wildman–Crippen LogP) is 4.83. The van der Waals surface area contributed by atoms with Gasteiger partial charge in [-0.1, -0.05) is 29.8 Å². The van der Waals surface area contributed by atoms with Crippen molar-refractivity contribution in [2.45, 2.75) is 13.2 Å². The molecule has 30 heavy (non-hydrogen) atoms. The Morgan fingerprint density at radius 2 is 1.63 bits per heavy atom. The van der Waals surface area contributed by atoms with Crippen molar-refractivity contribution in [1.29, 1.82) is 0 Å². The zero-order valence-electron chi connectivity index (χ0n) is 15.5. The Balaban J connectivity index is 1.69. The number of nitrogens with one attached hydrogen (secondary N) is 1. The Kier molecular flexibility index (Phi) is 6.64. The van der Waals surface area contributed by atoms with Gasteiger partial charge in [-0.15, -0.1) is 0 Å². The van der Waals surface area contributed by atoms with Crippen LogP contribution < -0.4 is 10.1 Å². The number of carboxylic acids is 1. The Morgan fingerprint density at radius 1 is 0.933 bits per heavy atom. The van der Waals surface area contributed by atoms with Gasteiger partial charge in [-0.2, -0.15) is 0 Å². The van der Waals surface area contributed by atoms with Gasteiger partial charge in [0.2, 0.25) is 0 Å². The molecule has 0 aliphatic carbocycles. The topological polar surface area (TPSA) is 75.6 Å². The largest absolute Gasteiger partial charge is 0.488 e. The Bertz CT molecular complexity index is 1090. The van der Waals surface area contributed by atoms with E-state index in [4.69, 9.17) is 21.4 Å². The number of amides is 1. The van der Waals surface area contributed by atoms with Crippen molar-refractivity contribution < 1.29 is 28.2 Å². The van der Waals surface area contributed by atoms with Gasteiger partial charge in [0.05, 0.1) is 11.1 Å². The highest BCUT2D eigenvalue weighted by molar-refractivity contribution is 6.31. The molecule has 0 aromatic heterocycles. The standard InChI is InChI=1S/C22H16ClF2NO4/c23-16-6-8-20(30-12-14-3-7-18(24)19(25)9-14)17(10-16)21(27)26-11-13-1-4-15(5-2-13)22(28)29/h1-10H,11-12H2,(H,26,27)(H,28,29). The smallest absolute Gasteiger partial charge is 0.335 e. The van der Waals surface area contributed by atoms with Crippen molar-refractivity contribution in [3.05, 3.63) is 99.6 Å². The maximum absolute atomic E-state index is 13.4. The Hall–Kier alpha value is -3.45. The molecular formula is C22H16ClF2NO4.